The highest BCUT2D eigenvalue weighted by molar-refractivity contribution is 5.96. The second-order valence-corrected chi connectivity index (χ2v) is 3.27. The Morgan fingerprint density at radius 3 is 2.06 bits per heavy atom. The van der Waals surface area contributed by atoms with Crippen LogP contribution < -0.4 is 0 Å². The van der Waals surface area contributed by atoms with E-state index in [0.29, 0.717) is 25.2 Å². The van der Waals surface area contributed by atoms with Crippen LogP contribution in [0, 0.1) is 22.9 Å². The van der Waals surface area contributed by atoms with Gasteiger partial charge in [0.1, 0.15) is 11.7 Å². The second kappa shape index (κ2) is 5.01. The molecule has 1 N–H and O–H groups in total. The van der Waals surface area contributed by atoms with Crippen LogP contribution >= 0.6 is 0 Å². The summed E-state index contributed by atoms with van der Waals surface area (Å²) in [6.07, 6.45) is 0. The van der Waals surface area contributed by atoms with Crippen LogP contribution in [0.2, 0.25) is 0 Å². The summed E-state index contributed by atoms with van der Waals surface area (Å²) in [7, 11) is 0. The summed E-state index contributed by atoms with van der Waals surface area (Å²) in [5.74, 6) is -3.45. The highest BCUT2D eigenvalue weighted by atomic mass is 19.2. The molecule has 1 aromatic rings. The number of amidine groups is 1. The second-order valence-electron chi connectivity index (χ2n) is 3.27. The Balaban J connectivity index is 3.13. The van der Waals surface area contributed by atoms with Gasteiger partial charge in [-0.1, -0.05) is 0 Å². The topological polar surface area (TPSA) is 27.1 Å². The number of hydrogen-bond donors (Lipinski definition) is 1. The highest BCUT2D eigenvalue weighted by Gasteiger charge is 2.16. The summed E-state index contributed by atoms with van der Waals surface area (Å²) in [5.41, 5.74) is -0.220. The largest absolute Gasteiger partial charge is 0.357 e. The Morgan fingerprint density at radius 2 is 1.56 bits per heavy atom. The normalized spacial score (nSPS) is 10.3. The maximum Gasteiger partial charge on any atom is 0.161 e. The van der Waals surface area contributed by atoms with Crippen molar-refractivity contribution >= 4 is 5.84 Å². The molecular weight excluding hydrogens is 217 g/mol. The lowest BCUT2D eigenvalue weighted by Gasteiger charge is -2.21. The van der Waals surface area contributed by atoms with Crippen LogP contribution in [0.25, 0.3) is 0 Å². The highest BCUT2D eigenvalue weighted by Crippen LogP contribution is 2.15. The maximum atomic E-state index is 13.3. The van der Waals surface area contributed by atoms with Gasteiger partial charge < -0.3 is 4.90 Å². The molecule has 0 saturated carbocycles. The van der Waals surface area contributed by atoms with Gasteiger partial charge in [-0.2, -0.15) is 0 Å². The molecule has 1 aromatic carbocycles. The predicted octanol–water partition coefficient (Wildman–Crippen LogP) is 2.77. The fourth-order valence-electron chi connectivity index (χ4n) is 1.41. The van der Waals surface area contributed by atoms with Crippen molar-refractivity contribution in [3.05, 3.63) is 35.1 Å². The molecule has 0 aliphatic heterocycles. The maximum absolute atomic E-state index is 13.3. The fourth-order valence-corrected chi connectivity index (χ4v) is 1.41. The molecule has 0 aliphatic carbocycles. The SMILES string of the molecule is CCN(CC)C(=N)c1cc(F)c(F)cc1F. The molecule has 0 amide bonds. The van der Waals surface area contributed by atoms with Crippen molar-refractivity contribution in [1.82, 2.24) is 4.90 Å². The van der Waals surface area contributed by atoms with Crippen molar-refractivity contribution in [2.24, 2.45) is 0 Å². The monoisotopic (exact) mass is 230 g/mol. The third kappa shape index (κ3) is 2.35. The van der Waals surface area contributed by atoms with Crippen LogP contribution in [0.15, 0.2) is 12.1 Å². The molecule has 88 valence electrons. The average Bonchev–Trinajstić information content (AvgIpc) is 2.25. The molecule has 5 heteroatoms. The van der Waals surface area contributed by atoms with Gasteiger partial charge in [-0.3, -0.25) is 5.41 Å². The summed E-state index contributed by atoms with van der Waals surface area (Å²) in [4.78, 5) is 1.55. The number of nitrogens with one attached hydrogen (secondary N) is 1. The van der Waals surface area contributed by atoms with E-state index in [1.165, 1.54) is 0 Å². The van der Waals surface area contributed by atoms with Crippen LogP contribution in [-0.4, -0.2) is 23.8 Å². The van der Waals surface area contributed by atoms with Gasteiger partial charge in [0.15, 0.2) is 11.6 Å². The number of hydrogen-bond acceptors (Lipinski definition) is 1. The van der Waals surface area contributed by atoms with Crippen LogP contribution in [0.3, 0.4) is 0 Å². The minimum Gasteiger partial charge on any atom is -0.357 e. The van der Waals surface area contributed by atoms with Gasteiger partial charge in [-0.05, 0) is 19.9 Å². The van der Waals surface area contributed by atoms with Crippen LogP contribution in [0.5, 0.6) is 0 Å². The van der Waals surface area contributed by atoms with E-state index in [0.717, 1.165) is 0 Å². The molecular formula is C11H13F3N2. The molecule has 0 aliphatic rings. The van der Waals surface area contributed by atoms with Gasteiger partial charge in [0.05, 0.1) is 5.56 Å². The fraction of sp³-hybridized carbons (Fsp3) is 0.364. The Morgan fingerprint density at radius 1 is 1.06 bits per heavy atom. The summed E-state index contributed by atoms with van der Waals surface area (Å²) in [6.45, 7) is 4.62. The Labute approximate surface area is 92.2 Å². The summed E-state index contributed by atoms with van der Waals surface area (Å²) in [6, 6.07) is 1.17. The van der Waals surface area contributed by atoms with Crippen LogP contribution in [0.4, 0.5) is 13.2 Å². The minimum absolute atomic E-state index is 0.138. The number of halogens is 3. The lowest BCUT2D eigenvalue weighted by atomic mass is 10.1. The summed E-state index contributed by atoms with van der Waals surface area (Å²) in [5, 5.41) is 7.69. The lowest BCUT2D eigenvalue weighted by Crippen LogP contribution is -2.31. The van der Waals surface area contributed by atoms with E-state index in [1.54, 1.807) is 18.7 Å². The van der Waals surface area contributed by atoms with E-state index < -0.39 is 17.5 Å². The molecule has 0 atom stereocenters. The zero-order chi connectivity index (χ0) is 12.3. The summed E-state index contributed by atoms with van der Waals surface area (Å²) >= 11 is 0. The van der Waals surface area contributed by atoms with Gasteiger partial charge in [0.25, 0.3) is 0 Å². The minimum atomic E-state index is -1.24. The zero-order valence-corrected chi connectivity index (χ0v) is 9.15. The molecule has 2 nitrogen and oxygen atoms in total. The molecule has 0 fully saturated rings. The van der Waals surface area contributed by atoms with Gasteiger partial charge in [0, 0.05) is 19.2 Å². The first kappa shape index (κ1) is 12.5. The van der Waals surface area contributed by atoms with E-state index in [4.69, 9.17) is 5.41 Å². The van der Waals surface area contributed by atoms with Crippen LogP contribution in [-0.2, 0) is 0 Å². The van der Waals surface area contributed by atoms with E-state index >= 15 is 0 Å². The first-order valence-corrected chi connectivity index (χ1v) is 4.99. The van der Waals surface area contributed by atoms with Gasteiger partial charge in [0.2, 0.25) is 0 Å². The van der Waals surface area contributed by atoms with E-state index in [2.05, 4.69) is 0 Å². The average molecular weight is 230 g/mol. The van der Waals surface area contributed by atoms with Crippen LogP contribution in [0.1, 0.15) is 19.4 Å². The van der Waals surface area contributed by atoms with Gasteiger partial charge in [-0.25, -0.2) is 13.2 Å². The Hall–Kier alpha value is -1.52. The van der Waals surface area contributed by atoms with Crippen molar-refractivity contribution in [2.75, 3.05) is 13.1 Å². The standard InChI is InChI=1S/C11H13F3N2/c1-3-16(4-2)11(15)7-5-9(13)10(14)6-8(7)12/h5-6,15H,3-4H2,1-2H3. The number of rotatable bonds is 3. The molecule has 0 unspecified atom stereocenters. The van der Waals surface area contributed by atoms with Crippen molar-refractivity contribution < 1.29 is 13.2 Å². The molecule has 0 aromatic heterocycles. The van der Waals surface area contributed by atoms with Gasteiger partial charge >= 0.3 is 0 Å². The summed E-state index contributed by atoms with van der Waals surface area (Å²) < 4.78 is 39.0. The third-order valence-corrected chi connectivity index (χ3v) is 2.34. The van der Waals surface area contributed by atoms with E-state index in [1.807, 2.05) is 0 Å². The van der Waals surface area contributed by atoms with Crippen molar-refractivity contribution in [3.8, 4) is 0 Å². The van der Waals surface area contributed by atoms with Crippen molar-refractivity contribution in [2.45, 2.75) is 13.8 Å². The molecule has 0 radical (unpaired) electrons. The first-order valence-electron chi connectivity index (χ1n) is 4.99. The number of benzene rings is 1. The van der Waals surface area contributed by atoms with E-state index in [-0.39, 0.29) is 11.4 Å². The molecule has 1 rings (SSSR count). The van der Waals surface area contributed by atoms with E-state index in [9.17, 15) is 13.2 Å². The smallest absolute Gasteiger partial charge is 0.161 e. The molecule has 16 heavy (non-hydrogen) atoms. The zero-order valence-electron chi connectivity index (χ0n) is 9.15. The molecule has 0 heterocycles. The Kier molecular flexibility index (Phi) is 3.93. The van der Waals surface area contributed by atoms with Crippen molar-refractivity contribution in [3.63, 3.8) is 0 Å². The lowest BCUT2D eigenvalue weighted by molar-refractivity contribution is 0.456. The molecule has 0 bridgehead atoms. The first-order chi connectivity index (χ1) is 7.51. The van der Waals surface area contributed by atoms with Crippen molar-refractivity contribution in [1.29, 1.82) is 5.41 Å². The Bertz CT molecular complexity index is 400. The van der Waals surface area contributed by atoms with Gasteiger partial charge in [-0.15, -0.1) is 0 Å². The number of nitrogens with zero attached hydrogens (tertiary/aromatic N) is 1. The predicted molar refractivity (Wildman–Crippen MR) is 56.1 cm³/mol. The molecule has 0 spiro atoms. The molecule has 0 saturated heterocycles. The third-order valence-electron chi connectivity index (χ3n) is 2.34. The quantitative estimate of drug-likeness (QED) is 0.482.